The number of benzene rings is 2. The van der Waals surface area contributed by atoms with E-state index in [9.17, 15) is 18.7 Å². The Kier molecular flexibility index (Phi) is 6.71. The minimum Gasteiger partial charge on any atom is -0.383 e. The highest BCUT2D eigenvalue weighted by Gasteiger charge is 2.39. The number of nitriles is 1. The van der Waals surface area contributed by atoms with Gasteiger partial charge in [-0.1, -0.05) is 36.5 Å². The lowest BCUT2D eigenvalue weighted by Crippen LogP contribution is -2.44. The van der Waals surface area contributed by atoms with Gasteiger partial charge in [-0.15, -0.1) is 0 Å². The summed E-state index contributed by atoms with van der Waals surface area (Å²) in [6.07, 6.45) is 6.11. The smallest absolute Gasteiger partial charge is 0.271 e. The molecule has 0 aliphatic rings. The number of carbonyl (C=O) groups excluding carboxylic acids is 1. The first-order chi connectivity index (χ1) is 18.3. The number of hydrogen-bond donors (Lipinski definition) is 2. The fraction of sp³-hybridized carbons (Fsp3) is 0.192. The van der Waals surface area contributed by atoms with Gasteiger partial charge in [-0.05, 0) is 23.8 Å². The van der Waals surface area contributed by atoms with Crippen LogP contribution in [0.3, 0.4) is 0 Å². The maximum absolute atomic E-state index is 14.7. The number of amides is 1. The summed E-state index contributed by atoms with van der Waals surface area (Å²) < 4.78 is 31.3. The molecule has 0 saturated heterocycles. The third kappa shape index (κ3) is 4.89. The van der Waals surface area contributed by atoms with E-state index in [4.69, 9.17) is 5.26 Å². The summed E-state index contributed by atoms with van der Waals surface area (Å²) in [7, 11) is 0. The Hall–Kier alpha value is -4.47. The van der Waals surface area contributed by atoms with Gasteiger partial charge in [0.05, 0.1) is 23.1 Å². The molecular weight excluding hydrogens is 512 g/mol. The van der Waals surface area contributed by atoms with Crippen LogP contribution in [0.5, 0.6) is 0 Å². The van der Waals surface area contributed by atoms with E-state index in [0.29, 0.717) is 16.6 Å². The van der Waals surface area contributed by atoms with Crippen LogP contribution in [0.15, 0.2) is 67.5 Å². The fourth-order valence-corrected chi connectivity index (χ4v) is 5.13. The highest BCUT2D eigenvalue weighted by molar-refractivity contribution is 7.20. The standard InChI is InChI=1S/C26H21F2N7O2S/c1-16(26(37,13-35-15-30-14-32-35)20-7-6-19(27)8-21(20)28)10-31-24(36)22-11-34-12-23(38-25(34)33-22)18-4-2-17(9-29)3-5-18/h2-8,11-12,14-16,37H,10,13H2,1H3,(H,31,36)/t16-,26+/m0/s1. The lowest BCUT2D eigenvalue weighted by molar-refractivity contribution is -0.0378. The SMILES string of the molecule is C[C@@H](CNC(=O)c1cn2cc(-c3ccc(C#N)cc3)sc2n1)[C@](O)(Cn1cncn1)c1ccc(F)cc1F. The van der Waals surface area contributed by atoms with E-state index in [-0.39, 0.29) is 24.3 Å². The Morgan fingerprint density at radius 2 is 2.03 bits per heavy atom. The number of nitrogens with zero attached hydrogens (tertiary/aromatic N) is 6. The first kappa shape index (κ1) is 25.2. The average Bonchev–Trinajstić information content (AvgIpc) is 3.64. The zero-order valence-corrected chi connectivity index (χ0v) is 20.9. The van der Waals surface area contributed by atoms with Crippen molar-refractivity contribution < 1.29 is 18.7 Å². The van der Waals surface area contributed by atoms with Crippen LogP contribution >= 0.6 is 11.3 Å². The molecule has 0 aliphatic heterocycles. The Balaban J connectivity index is 1.32. The Bertz CT molecular complexity index is 1610. The number of nitrogens with one attached hydrogen (secondary N) is 1. The van der Waals surface area contributed by atoms with E-state index in [1.807, 2.05) is 18.3 Å². The molecule has 5 aromatic rings. The summed E-state index contributed by atoms with van der Waals surface area (Å²) in [5.41, 5.74) is -0.266. The summed E-state index contributed by atoms with van der Waals surface area (Å²) in [6.45, 7) is 1.46. The molecule has 0 radical (unpaired) electrons. The number of aromatic nitrogens is 5. The van der Waals surface area contributed by atoms with Gasteiger partial charge >= 0.3 is 0 Å². The van der Waals surface area contributed by atoms with Crippen molar-refractivity contribution in [3.05, 3.63) is 96.0 Å². The number of hydrogen-bond acceptors (Lipinski definition) is 7. The minimum absolute atomic E-state index is 0.0253. The quantitative estimate of drug-likeness (QED) is 0.313. The van der Waals surface area contributed by atoms with E-state index in [1.54, 1.807) is 29.7 Å². The average molecular weight is 534 g/mol. The minimum atomic E-state index is -1.83. The molecule has 0 spiro atoms. The van der Waals surface area contributed by atoms with E-state index < -0.39 is 29.1 Å². The second-order valence-electron chi connectivity index (χ2n) is 8.85. The molecule has 9 nitrogen and oxygen atoms in total. The Labute approximate surface area is 219 Å². The van der Waals surface area contributed by atoms with Gasteiger partial charge in [-0.3, -0.25) is 9.20 Å². The van der Waals surface area contributed by atoms with E-state index in [0.717, 1.165) is 16.5 Å². The zero-order chi connectivity index (χ0) is 26.9. The molecule has 2 N–H and O–H groups in total. The van der Waals surface area contributed by atoms with Crippen LogP contribution in [-0.4, -0.2) is 41.7 Å². The first-order valence-corrected chi connectivity index (χ1v) is 12.4. The predicted octanol–water partition coefficient (Wildman–Crippen LogP) is 3.76. The Morgan fingerprint density at radius 3 is 2.68 bits per heavy atom. The number of imidazole rings is 1. The van der Waals surface area contributed by atoms with Gasteiger partial charge in [0.2, 0.25) is 0 Å². The summed E-state index contributed by atoms with van der Waals surface area (Å²) in [4.78, 5) is 22.7. The summed E-state index contributed by atoms with van der Waals surface area (Å²) in [5, 5.41) is 27.3. The molecule has 2 atom stereocenters. The van der Waals surface area contributed by atoms with Crippen molar-refractivity contribution in [2.75, 3.05) is 6.54 Å². The molecule has 3 heterocycles. The molecule has 3 aromatic heterocycles. The van der Waals surface area contributed by atoms with Crippen LogP contribution in [0.1, 0.15) is 28.5 Å². The second-order valence-corrected chi connectivity index (χ2v) is 9.86. The molecule has 1 amide bonds. The molecule has 0 fully saturated rings. The van der Waals surface area contributed by atoms with Gasteiger partial charge in [0.25, 0.3) is 5.91 Å². The lowest BCUT2D eigenvalue weighted by Gasteiger charge is -2.35. The lowest BCUT2D eigenvalue weighted by atomic mass is 9.81. The van der Waals surface area contributed by atoms with Crippen molar-refractivity contribution in [1.29, 1.82) is 5.26 Å². The van der Waals surface area contributed by atoms with Crippen LogP contribution in [0.2, 0.25) is 0 Å². The normalized spacial score (nSPS) is 13.7. The number of aliphatic hydroxyl groups is 1. The number of rotatable bonds is 8. The zero-order valence-electron chi connectivity index (χ0n) is 20.0. The van der Waals surface area contributed by atoms with Gasteiger partial charge in [-0.2, -0.15) is 10.4 Å². The van der Waals surface area contributed by atoms with Gasteiger partial charge in [0, 0.05) is 36.5 Å². The van der Waals surface area contributed by atoms with Gasteiger partial charge in [-0.25, -0.2) is 23.4 Å². The number of thiazole rings is 1. The second kappa shape index (κ2) is 10.1. The predicted molar refractivity (Wildman–Crippen MR) is 135 cm³/mol. The van der Waals surface area contributed by atoms with Crippen LogP contribution in [0, 0.1) is 28.9 Å². The molecule has 12 heteroatoms. The van der Waals surface area contributed by atoms with E-state index >= 15 is 0 Å². The van der Waals surface area contributed by atoms with Crippen LogP contribution in [-0.2, 0) is 12.1 Å². The van der Waals surface area contributed by atoms with Crippen molar-refractivity contribution in [2.24, 2.45) is 5.92 Å². The maximum atomic E-state index is 14.7. The largest absolute Gasteiger partial charge is 0.383 e. The molecule has 0 unspecified atom stereocenters. The van der Waals surface area contributed by atoms with Crippen molar-refractivity contribution in [1.82, 2.24) is 29.5 Å². The van der Waals surface area contributed by atoms with Crippen molar-refractivity contribution in [2.45, 2.75) is 19.1 Å². The molecule has 0 bridgehead atoms. The summed E-state index contributed by atoms with van der Waals surface area (Å²) in [6, 6.07) is 12.2. The van der Waals surface area contributed by atoms with Crippen LogP contribution < -0.4 is 5.32 Å². The summed E-state index contributed by atoms with van der Waals surface area (Å²) in [5.74, 6) is -2.84. The first-order valence-electron chi connectivity index (χ1n) is 11.5. The molecule has 2 aromatic carbocycles. The topological polar surface area (TPSA) is 121 Å². The molecule has 192 valence electrons. The molecule has 5 rings (SSSR count). The van der Waals surface area contributed by atoms with Gasteiger partial charge in [0.1, 0.15) is 35.6 Å². The van der Waals surface area contributed by atoms with Gasteiger partial charge in [0.15, 0.2) is 4.96 Å². The Morgan fingerprint density at radius 1 is 1.24 bits per heavy atom. The van der Waals surface area contributed by atoms with Crippen molar-refractivity contribution in [3.63, 3.8) is 0 Å². The third-order valence-electron chi connectivity index (χ3n) is 6.34. The number of carbonyl (C=O) groups is 1. The third-order valence-corrected chi connectivity index (χ3v) is 7.38. The maximum Gasteiger partial charge on any atom is 0.271 e. The number of fused-ring (bicyclic) bond motifs is 1. The van der Waals surface area contributed by atoms with E-state index in [2.05, 4.69) is 26.5 Å². The molecular formula is C26H21F2N7O2S. The summed E-state index contributed by atoms with van der Waals surface area (Å²) >= 11 is 1.39. The number of halogens is 2. The van der Waals surface area contributed by atoms with Gasteiger partial charge < -0.3 is 10.4 Å². The van der Waals surface area contributed by atoms with Crippen molar-refractivity contribution >= 4 is 22.2 Å². The fourth-order valence-electron chi connectivity index (χ4n) is 4.16. The highest BCUT2D eigenvalue weighted by atomic mass is 32.1. The molecule has 0 aliphatic carbocycles. The highest BCUT2D eigenvalue weighted by Crippen LogP contribution is 2.34. The van der Waals surface area contributed by atoms with Crippen molar-refractivity contribution in [3.8, 4) is 16.5 Å². The molecule has 38 heavy (non-hydrogen) atoms. The van der Waals surface area contributed by atoms with Crippen LogP contribution in [0.4, 0.5) is 8.78 Å². The molecule has 0 saturated carbocycles. The van der Waals surface area contributed by atoms with Crippen LogP contribution in [0.25, 0.3) is 15.4 Å². The van der Waals surface area contributed by atoms with E-state index in [1.165, 1.54) is 34.7 Å². The monoisotopic (exact) mass is 533 g/mol.